The quantitative estimate of drug-likeness (QED) is 0.532. The van der Waals surface area contributed by atoms with Crippen molar-refractivity contribution in [2.75, 3.05) is 0 Å². The lowest BCUT2D eigenvalue weighted by Crippen LogP contribution is -1.77. The minimum atomic E-state index is -0.250. The second kappa shape index (κ2) is 5.68. The second-order valence-electron chi connectivity index (χ2n) is 1.45. The normalized spacial score (nSPS) is 7.30. The zero-order chi connectivity index (χ0) is 7.82. The molecule has 0 unspecified atom stereocenters. The van der Waals surface area contributed by atoms with E-state index < -0.39 is 0 Å². The van der Waals surface area contributed by atoms with Gasteiger partial charge in [0.2, 0.25) is 0 Å². The second-order valence-corrected chi connectivity index (χ2v) is 1.45. The van der Waals surface area contributed by atoms with Gasteiger partial charge in [0.05, 0.1) is 5.69 Å². The summed E-state index contributed by atoms with van der Waals surface area (Å²) in [5, 5.41) is 6.89. The van der Waals surface area contributed by atoms with E-state index in [-0.39, 0.29) is 6.47 Å². The van der Waals surface area contributed by atoms with Crippen LogP contribution >= 0.6 is 0 Å². The molecule has 0 aliphatic heterocycles. The molecule has 4 nitrogen and oxygen atoms in total. The topological polar surface area (TPSA) is 63.1 Å². The van der Waals surface area contributed by atoms with E-state index in [0.717, 1.165) is 5.69 Å². The van der Waals surface area contributed by atoms with Crippen LogP contribution in [-0.4, -0.2) is 21.5 Å². The van der Waals surface area contributed by atoms with Crippen molar-refractivity contribution in [1.82, 2.24) is 9.97 Å². The smallest absolute Gasteiger partial charge is 0.290 e. The van der Waals surface area contributed by atoms with Crippen LogP contribution in [0.25, 0.3) is 0 Å². The molecule has 0 saturated heterocycles. The number of rotatable bonds is 0. The van der Waals surface area contributed by atoms with Crippen molar-refractivity contribution < 1.29 is 9.90 Å². The summed E-state index contributed by atoms with van der Waals surface area (Å²) in [6.07, 6.45) is 5.06. The Hall–Kier alpha value is -1.45. The Morgan fingerprint density at radius 3 is 2.40 bits per heavy atom. The predicted octanol–water partition coefficient (Wildman–Crippen LogP) is 0.486. The molecular formula is C6H8N2O2. The molecule has 54 valence electrons. The first-order valence-electron chi connectivity index (χ1n) is 2.61. The Labute approximate surface area is 58.6 Å². The first kappa shape index (κ1) is 8.55. The fraction of sp³-hybridized carbons (Fsp3) is 0.167. The molecule has 1 N–H and O–H groups in total. The SMILES string of the molecule is Cc1cnccn1.O=CO. The molecule has 0 amide bonds. The number of hydrogen-bond acceptors (Lipinski definition) is 3. The molecule has 1 aromatic heterocycles. The van der Waals surface area contributed by atoms with Gasteiger partial charge in [-0.05, 0) is 6.92 Å². The highest BCUT2D eigenvalue weighted by Crippen LogP contribution is 1.81. The molecule has 0 radical (unpaired) electrons. The van der Waals surface area contributed by atoms with Crippen molar-refractivity contribution in [3.8, 4) is 0 Å². The number of carbonyl (C=O) groups is 1. The van der Waals surface area contributed by atoms with Crippen LogP contribution in [0, 0.1) is 6.92 Å². The van der Waals surface area contributed by atoms with Crippen LogP contribution in [-0.2, 0) is 4.79 Å². The summed E-state index contributed by atoms with van der Waals surface area (Å²) in [5.74, 6) is 0. The van der Waals surface area contributed by atoms with Crippen LogP contribution in [0.3, 0.4) is 0 Å². The fourth-order valence-corrected chi connectivity index (χ4v) is 0.374. The van der Waals surface area contributed by atoms with E-state index in [2.05, 4.69) is 9.97 Å². The Balaban J connectivity index is 0.000000236. The summed E-state index contributed by atoms with van der Waals surface area (Å²) in [6, 6.07) is 0. The van der Waals surface area contributed by atoms with E-state index in [0.29, 0.717) is 0 Å². The summed E-state index contributed by atoms with van der Waals surface area (Å²) in [5.41, 5.74) is 0.961. The van der Waals surface area contributed by atoms with Gasteiger partial charge in [-0.2, -0.15) is 0 Å². The maximum absolute atomic E-state index is 8.36. The van der Waals surface area contributed by atoms with Crippen molar-refractivity contribution in [2.24, 2.45) is 0 Å². The first-order valence-corrected chi connectivity index (χ1v) is 2.61. The molecule has 1 rings (SSSR count). The van der Waals surface area contributed by atoms with Crippen molar-refractivity contribution >= 4 is 6.47 Å². The molecule has 4 heteroatoms. The molecule has 0 aromatic carbocycles. The zero-order valence-electron chi connectivity index (χ0n) is 5.56. The highest BCUT2D eigenvalue weighted by molar-refractivity contribution is 5.32. The standard InChI is InChI=1S/C5H6N2.CH2O2/c1-5-4-6-2-3-7-5;2-1-3/h2-4H,1H3;1H,(H,2,3). The molecule has 0 fully saturated rings. The van der Waals surface area contributed by atoms with Crippen molar-refractivity contribution in [2.45, 2.75) is 6.92 Å². The van der Waals surface area contributed by atoms with Gasteiger partial charge in [-0.15, -0.1) is 0 Å². The maximum Gasteiger partial charge on any atom is 0.290 e. The summed E-state index contributed by atoms with van der Waals surface area (Å²) in [4.78, 5) is 16.1. The summed E-state index contributed by atoms with van der Waals surface area (Å²) < 4.78 is 0. The lowest BCUT2D eigenvalue weighted by atomic mass is 10.5. The minimum Gasteiger partial charge on any atom is -0.483 e. The van der Waals surface area contributed by atoms with Crippen LogP contribution in [0.15, 0.2) is 18.6 Å². The molecule has 1 heterocycles. The van der Waals surface area contributed by atoms with Crippen LogP contribution in [0.5, 0.6) is 0 Å². The van der Waals surface area contributed by atoms with Gasteiger partial charge in [0, 0.05) is 18.6 Å². The van der Waals surface area contributed by atoms with E-state index in [9.17, 15) is 0 Å². The average molecular weight is 140 g/mol. The van der Waals surface area contributed by atoms with Gasteiger partial charge in [0.25, 0.3) is 6.47 Å². The molecule has 0 atom stereocenters. The predicted molar refractivity (Wildman–Crippen MR) is 35.5 cm³/mol. The van der Waals surface area contributed by atoms with E-state index in [1.54, 1.807) is 18.6 Å². The molecular weight excluding hydrogens is 132 g/mol. The lowest BCUT2D eigenvalue weighted by molar-refractivity contribution is -0.122. The number of nitrogens with zero attached hydrogens (tertiary/aromatic N) is 2. The van der Waals surface area contributed by atoms with Gasteiger partial charge in [0.15, 0.2) is 0 Å². The summed E-state index contributed by atoms with van der Waals surface area (Å²) in [7, 11) is 0. The number of aromatic nitrogens is 2. The van der Waals surface area contributed by atoms with Gasteiger partial charge >= 0.3 is 0 Å². The molecule has 0 saturated carbocycles. The molecule has 0 spiro atoms. The third-order valence-corrected chi connectivity index (χ3v) is 0.692. The van der Waals surface area contributed by atoms with Gasteiger partial charge in [-0.25, -0.2) is 0 Å². The van der Waals surface area contributed by atoms with Crippen LogP contribution in [0.4, 0.5) is 0 Å². The van der Waals surface area contributed by atoms with Crippen LogP contribution in [0.2, 0.25) is 0 Å². The van der Waals surface area contributed by atoms with Gasteiger partial charge in [-0.1, -0.05) is 0 Å². The fourth-order valence-electron chi connectivity index (χ4n) is 0.374. The monoisotopic (exact) mass is 140 g/mol. The number of aryl methyl sites for hydroxylation is 1. The van der Waals surface area contributed by atoms with Gasteiger partial charge in [0.1, 0.15) is 0 Å². The molecule has 0 aliphatic rings. The zero-order valence-corrected chi connectivity index (χ0v) is 5.56. The Bertz CT molecular complexity index is 176. The minimum absolute atomic E-state index is 0.250. The Morgan fingerprint density at radius 1 is 1.60 bits per heavy atom. The molecule has 10 heavy (non-hydrogen) atoms. The van der Waals surface area contributed by atoms with E-state index in [1.807, 2.05) is 6.92 Å². The molecule has 1 aromatic rings. The molecule has 0 bridgehead atoms. The highest BCUT2D eigenvalue weighted by atomic mass is 16.3. The summed E-state index contributed by atoms with van der Waals surface area (Å²) >= 11 is 0. The van der Waals surface area contributed by atoms with E-state index in [1.165, 1.54) is 0 Å². The van der Waals surface area contributed by atoms with Crippen molar-refractivity contribution in [1.29, 1.82) is 0 Å². The average Bonchev–Trinajstić information content (AvgIpc) is 1.91. The van der Waals surface area contributed by atoms with E-state index >= 15 is 0 Å². The maximum atomic E-state index is 8.36. The third kappa shape index (κ3) is 4.70. The lowest BCUT2D eigenvalue weighted by Gasteiger charge is -1.81. The number of hydrogen-bond donors (Lipinski definition) is 1. The third-order valence-electron chi connectivity index (χ3n) is 0.692. The van der Waals surface area contributed by atoms with Crippen molar-refractivity contribution in [3.63, 3.8) is 0 Å². The first-order chi connectivity index (χ1) is 4.81. The Kier molecular flexibility index (Phi) is 4.86. The van der Waals surface area contributed by atoms with Crippen LogP contribution < -0.4 is 0 Å². The number of carboxylic acid groups (broad SMARTS) is 1. The van der Waals surface area contributed by atoms with E-state index in [4.69, 9.17) is 9.90 Å². The Morgan fingerprint density at radius 2 is 2.20 bits per heavy atom. The van der Waals surface area contributed by atoms with Crippen molar-refractivity contribution in [3.05, 3.63) is 24.3 Å². The van der Waals surface area contributed by atoms with Gasteiger partial charge in [-0.3, -0.25) is 14.8 Å². The highest BCUT2D eigenvalue weighted by Gasteiger charge is 1.74. The largest absolute Gasteiger partial charge is 0.483 e. The van der Waals surface area contributed by atoms with Crippen LogP contribution in [0.1, 0.15) is 5.69 Å². The molecule has 0 aliphatic carbocycles. The summed E-state index contributed by atoms with van der Waals surface area (Å²) in [6.45, 7) is 1.66. The van der Waals surface area contributed by atoms with Gasteiger partial charge < -0.3 is 5.11 Å².